The summed E-state index contributed by atoms with van der Waals surface area (Å²) in [6.07, 6.45) is 7.50. The highest BCUT2D eigenvalue weighted by atomic mass is 32.2. The number of likely N-dealkylation sites (tertiary alicyclic amines) is 1. The molecule has 1 saturated heterocycles. The number of hydrogen-bond acceptors (Lipinski definition) is 5. The van der Waals surface area contributed by atoms with E-state index in [1.54, 1.807) is 6.33 Å². The SMILES string of the molecule is CCc1ccccc1-n1cnnc1SCC(=O)NCCC(=O)N1CCCCCC1. The van der Waals surface area contributed by atoms with Gasteiger partial charge < -0.3 is 10.2 Å². The number of carbonyl (C=O) groups is 2. The van der Waals surface area contributed by atoms with Crippen LogP contribution in [-0.4, -0.2) is 56.9 Å². The fraction of sp³-hybridized carbons (Fsp3) is 0.524. The third kappa shape index (κ3) is 6.06. The number of carbonyl (C=O) groups excluding carboxylic acids is 2. The van der Waals surface area contributed by atoms with Crippen LogP contribution in [0.5, 0.6) is 0 Å². The van der Waals surface area contributed by atoms with E-state index < -0.39 is 0 Å². The number of nitrogens with one attached hydrogen (secondary N) is 1. The van der Waals surface area contributed by atoms with E-state index in [0.717, 1.165) is 38.0 Å². The van der Waals surface area contributed by atoms with Crippen molar-refractivity contribution in [1.82, 2.24) is 25.0 Å². The van der Waals surface area contributed by atoms with Crippen molar-refractivity contribution in [3.63, 3.8) is 0 Å². The van der Waals surface area contributed by atoms with Crippen molar-refractivity contribution in [2.24, 2.45) is 0 Å². The largest absolute Gasteiger partial charge is 0.355 e. The van der Waals surface area contributed by atoms with E-state index >= 15 is 0 Å². The molecule has 1 aromatic carbocycles. The van der Waals surface area contributed by atoms with Crippen LogP contribution in [0.3, 0.4) is 0 Å². The minimum atomic E-state index is -0.100. The van der Waals surface area contributed by atoms with Gasteiger partial charge in [0.1, 0.15) is 6.33 Å². The summed E-state index contributed by atoms with van der Waals surface area (Å²) in [4.78, 5) is 26.4. The van der Waals surface area contributed by atoms with E-state index in [1.807, 2.05) is 27.7 Å². The maximum absolute atomic E-state index is 12.3. The van der Waals surface area contributed by atoms with Crippen LogP contribution < -0.4 is 5.32 Å². The highest BCUT2D eigenvalue weighted by molar-refractivity contribution is 7.99. The predicted molar refractivity (Wildman–Crippen MR) is 114 cm³/mol. The summed E-state index contributed by atoms with van der Waals surface area (Å²) >= 11 is 1.35. The Hall–Kier alpha value is -2.35. The Morgan fingerprint density at radius 1 is 1.14 bits per heavy atom. The van der Waals surface area contributed by atoms with Gasteiger partial charge in [-0.25, -0.2) is 0 Å². The Kier molecular flexibility index (Phi) is 8.10. The molecular weight excluding hydrogens is 386 g/mol. The maximum atomic E-state index is 12.3. The van der Waals surface area contributed by atoms with Crippen molar-refractivity contribution in [2.75, 3.05) is 25.4 Å². The van der Waals surface area contributed by atoms with Crippen LogP contribution >= 0.6 is 11.8 Å². The van der Waals surface area contributed by atoms with Crippen molar-refractivity contribution >= 4 is 23.6 Å². The first-order valence-electron chi connectivity index (χ1n) is 10.3. The normalized spacial score (nSPS) is 14.4. The number of para-hydroxylation sites is 1. The van der Waals surface area contributed by atoms with Crippen LogP contribution in [0.15, 0.2) is 35.7 Å². The van der Waals surface area contributed by atoms with E-state index in [4.69, 9.17) is 0 Å². The lowest BCUT2D eigenvalue weighted by Crippen LogP contribution is -2.35. The molecule has 0 saturated carbocycles. The molecule has 1 aliphatic rings. The van der Waals surface area contributed by atoms with Gasteiger partial charge in [0, 0.05) is 26.1 Å². The zero-order chi connectivity index (χ0) is 20.5. The second-order valence-corrected chi connectivity index (χ2v) is 8.09. The molecule has 2 heterocycles. The molecule has 0 atom stereocenters. The smallest absolute Gasteiger partial charge is 0.230 e. The summed E-state index contributed by atoms with van der Waals surface area (Å²) in [5, 5.41) is 11.7. The molecule has 3 rings (SSSR count). The summed E-state index contributed by atoms with van der Waals surface area (Å²) in [5.74, 6) is 0.276. The summed E-state index contributed by atoms with van der Waals surface area (Å²) in [6.45, 7) is 4.17. The zero-order valence-electron chi connectivity index (χ0n) is 17.0. The third-order valence-corrected chi connectivity index (χ3v) is 6.04. The van der Waals surface area contributed by atoms with Crippen molar-refractivity contribution in [3.05, 3.63) is 36.2 Å². The number of rotatable bonds is 8. The summed E-state index contributed by atoms with van der Waals surface area (Å²) in [7, 11) is 0. The van der Waals surface area contributed by atoms with Crippen molar-refractivity contribution < 1.29 is 9.59 Å². The molecule has 1 aromatic heterocycles. The first kappa shape index (κ1) is 21.4. The molecule has 0 bridgehead atoms. The highest BCUT2D eigenvalue weighted by Crippen LogP contribution is 2.22. The first-order valence-corrected chi connectivity index (χ1v) is 11.3. The molecular formula is C21H29N5O2S. The van der Waals surface area contributed by atoms with Gasteiger partial charge in [-0.05, 0) is 30.9 Å². The molecule has 0 aliphatic carbocycles. The van der Waals surface area contributed by atoms with Crippen LogP contribution in [-0.2, 0) is 16.0 Å². The lowest BCUT2D eigenvalue weighted by atomic mass is 10.1. The summed E-state index contributed by atoms with van der Waals surface area (Å²) in [6, 6.07) is 8.11. The fourth-order valence-electron chi connectivity index (χ4n) is 3.50. The van der Waals surface area contributed by atoms with Crippen LogP contribution in [0.2, 0.25) is 0 Å². The standard InChI is InChI=1S/C21H29N5O2S/c1-2-17-9-5-6-10-18(17)26-16-23-24-21(26)29-15-19(27)22-12-11-20(28)25-13-7-3-4-8-14-25/h5-6,9-10,16H,2-4,7-8,11-15H2,1H3,(H,22,27). The van der Waals surface area contributed by atoms with Gasteiger partial charge in [-0.15, -0.1) is 10.2 Å². The second-order valence-electron chi connectivity index (χ2n) is 7.15. The van der Waals surface area contributed by atoms with Crippen LogP contribution in [0.1, 0.15) is 44.6 Å². The number of thioether (sulfide) groups is 1. The van der Waals surface area contributed by atoms with Crippen molar-refractivity contribution in [1.29, 1.82) is 0 Å². The third-order valence-electron chi connectivity index (χ3n) is 5.10. The minimum absolute atomic E-state index is 0.100. The molecule has 2 aromatic rings. The number of benzene rings is 1. The van der Waals surface area contributed by atoms with Gasteiger partial charge in [-0.1, -0.05) is 49.7 Å². The molecule has 1 fully saturated rings. The molecule has 2 amide bonds. The number of hydrogen-bond donors (Lipinski definition) is 1. The number of aromatic nitrogens is 3. The zero-order valence-corrected chi connectivity index (χ0v) is 17.8. The van der Waals surface area contributed by atoms with Gasteiger partial charge in [0.05, 0.1) is 11.4 Å². The van der Waals surface area contributed by atoms with E-state index in [-0.39, 0.29) is 17.6 Å². The summed E-state index contributed by atoms with van der Waals surface area (Å²) < 4.78 is 1.92. The van der Waals surface area contributed by atoms with Crippen LogP contribution in [0.25, 0.3) is 5.69 Å². The molecule has 1 N–H and O–H groups in total. The Balaban J connectivity index is 1.46. The molecule has 29 heavy (non-hydrogen) atoms. The van der Waals surface area contributed by atoms with E-state index in [9.17, 15) is 9.59 Å². The van der Waals surface area contributed by atoms with Gasteiger partial charge in [-0.3, -0.25) is 14.2 Å². The first-order chi connectivity index (χ1) is 14.2. The average molecular weight is 416 g/mol. The van der Waals surface area contributed by atoms with Gasteiger partial charge in [-0.2, -0.15) is 0 Å². The number of nitrogens with zero attached hydrogens (tertiary/aromatic N) is 4. The predicted octanol–water partition coefficient (Wildman–Crippen LogP) is 2.83. The minimum Gasteiger partial charge on any atom is -0.355 e. The molecule has 0 unspecified atom stereocenters. The number of amides is 2. The van der Waals surface area contributed by atoms with Gasteiger partial charge in [0.2, 0.25) is 11.8 Å². The lowest BCUT2D eigenvalue weighted by molar-refractivity contribution is -0.131. The lowest BCUT2D eigenvalue weighted by Gasteiger charge is -2.20. The van der Waals surface area contributed by atoms with Gasteiger partial charge in [0.25, 0.3) is 0 Å². The highest BCUT2D eigenvalue weighted by Gasteiger charge is 2.16. The molecule has 0 radical (unpaired) electrons. The van der Waals surface area contributed by atoms with Gasteiger partial charge in [0.15, 0.2) is 5.16 Å². The van der Waals surface area contributed by atoms with Crippen molar-refractivity contribution in [2.45, 2.75) is 50.6 Å². The van der Waals surface area contributed by atoms with Crippen LogP contribution in [0.4, 0.5) is 0 Å². The Bertz CT molecular complexity index is 815. The van der Waals surface area contributed by atoms with Crippen LogP contribution in [0, 0.1) is 0 Å². The topological polar surface area (TPSA) is 80.1 Å². The molecule has 0 spiro atoms. The van der Waals surface area contributed by atoms with Gasteiger partial charge >= 0.3 is 0 Å². The molecule has 156 valence electrons. The number of aryl methyl sites for hydroxylation is 1. The maximum Gasteiger partial charge on any atom is 0.230 e. The van der Waals surface area contributed by atoms with E-state index in [2.05, 4.69) is 28.5 Å². The monoisotopic (exact) mass is 415 g/mol. The Labute approximate surface area is 176 Å². The summed E-state index contributed by atoms with van der Waals surface area (Å²) in [5.41, 5.74) is 2.23. The van der Waals surface area contributed by atoms with E-state index in [1.165, 1.54) is 30.2 Å². The molecule has 1 aliphatic heterocycles. The molecule has 7 nitrogen and oxygen atoms in total. The Morgan fingerprint density at radius 3 is 2.66 bits per heavy atom. The fourth-order valence-corrected chi connectivity index (χ4v) is 4.25. The average Bonchev–Trinajstić information content (AvgIpc) is 3.03. The van der Waals surface area contributed by atoms with Crippen molar-refractivity contribution in [3.8, 4) is 5.69 Å². The molecule has 8 heteroatoms. The Morgan fingerprint density at radius 2 is 1.90 bits per heavy atom. The second kappa shape index (κ2) is 11.0. The quantitative estimate of drug-likeness (QED) is 0.671. The van der Waals surface area contributed by atoms with E-state index in [0.29, 0.717) is 18.1 Å².